The topological polar surface area (TPSA) is 111 Å². The van der Waals surface area contributed by atoms with Gasteiger partial charge in [-0.15, -0.1) is 0 Å². The first-order valence-electron chi connectivity index (χ1n) is 4.36. The summed E-state index contributed by atoms with van der Waals surface area (Å²) in [6.07, 6.45) is 0.306. The molecular weight excluding hydrogens is 186 g/mol. The number of carbonyl (C=O) groups is 1. The largest absolute Gasteiger partial charge is 0.480 e. The lowest BCUT2D eigenvalue weighted by molar-refractivity contribution is -0.139. The fourth-order valence-electron chi connectivity index (χ4n) is 0.722. The molecule has 0 radical (unpaired) electrons. The van der Waals surface area contributed by atoms with Crippen molar-refractivity contribution in [3.8, 4) is 0 Å². The number of rotatable bonds is 7. The third-order valence-electron chi connectivity index (χ3n) is 1.49. The van der Waals surface area contributed by atoms with Crippen LogP contribution >= 0.6 is 0 Å². The molecule has 0 heterocycles. The van der Waals surface area contributed by atoms with E-state index in [9.17, 15) is 4.79 Å². The van der Waals surface area contributed by atoms with E-state index in [0.717, 1.165) is 0 Å². The predicted octanol–water partition coefficient (Wildman–Crippen LogP) is -0.818. The second-order valence-electron chi connectivity index (χ2n) is 2.87. The summed E-state index contributed by atoms with van der Waals surface area (Å²) in [4.78, 5) is 14.2. The van der Waals surface area contributed by atoms with Crippen molar-refractivity contribution in [2.24, 2.45) is 16.5 Å². The van der Waals surface area contributed by atoms with Crippen molar-refractivity contribution >= 4 is 11.8 Å². The van der Waals surface area contributed by atoms with Crippen molar-refractivity contribution in [2.45, 2.75) is 19.4 Å². The first-order valence-corrected chi connectivity index (χ1v) is 4.36. The Hall–Kier alpha value is -1.14. The van der Waals surface area contributed by atoms with E-state index < -0.39 is 12.0 Å². The molecule has 0 saturated carbocycles. The number of aliphatic imine (C=N–C) groups is 1. The lowest BCUT2D eigenvalue weighted by atomic mass is 10.2. The van der Waals surface area contributed by atoms with Gasteiger partial charge in [-0.1, -0.05) is 0 Å². The summed E-state index contributed by atoms with van der Waals surface area (Å²) < 4.78 is 5.10. The highest BCUT2D eigenvalue weighted by molar-refractivity contribution is 5.77. The van der Waals surface area contributed by atoms with E-state index in [4.69, 9.17) is 21.3 Å². The minimum Gasteiger partial charge on any atom is -0.480 e. The number of hydrogen-bond donors (Lipinski definition) is 3. The summed E-state index contributed by atoms with van der Waals surface area (Å²) in [6, 6.07) is -0.852. The molecule has 1 atom stereocenters. The SMILES string of the molecule is CC(N)=NCCOCC[C@@H](N)C(=O)O. The Morgan fingerprint density at radius 1 is 1.57 bits per heavy atom. The molecule has 0 aromatic heterocycles. The van der Waals surface area contributed by atoms with E-state index in [1.54, 1.807) is 6.92 Å². The molecule has 0 aromatic carbocycles. The van der Waals surface area contributed by atoms with Crippen molar-refractivity contribution in [1.29, 1.82) is 0 Å². The molecule has 82 valence electrons. The number of carboxylic acid groups (broad SMARTS) is 1. The number of hydrogen-bond acceptors (Lipinski definition) is 4. The molecule has 0 rings (SSSR count). The summed E-state index contributed by atoms with van der Waals surface area (Å²) in [5.41, 5.74) is 10.5. The normalized spacial score (nSPS) is 14.0. The van der Waals surface area contributed by atoms with E-state index in [1.165, 1.54) is 0 Å². The van der Waals surface area contributed by atoms with Crippen molar-refractivity contribution in [1.82, 2.24) is 0 Å². The van der Waals surface area contributed by atoms with Crippen molar-refractivity contribution < 1.29 is 14.6 Å². The summed E-state index contributed by atoms with van der Waals surface area (Å²) in [6.45, 7) is 2.94. The van der Waals surface area contributed by atoms with E-state index >= 15 is 0 Å². The van der Waals surface area contributed by atoms with Gasteiger partial charge in [0.2, 0.25) is 0 Å². The van der Waals surface area contributed by atoms with Crippen LogP contribution in [0.2, 0.25) is 0 Å². The van der Waals surface area contributed by atoms with Crippen molar-refractivity contribution in [3.05, 3.63) is 0 Å². The van der Waals surface area contributed by atoms with Crippen LogP contribution in [0.1, 0.15) is 13.3 Å². The number of amidine groups is 1. The summed E-state index contributed by atoms with van der Waals surface area (Å²) in [5, 5.41) is 8.44. The van der Waals surface area contributed by atoms with Gasteiger partial charge in [0.25, 0.3) is 0 Å². The highest BCUT2D eigenvalue weighted by atomic mass is 16.5. The van der Waals surface area contributed by atoms with Gasteiger partial charge in [-0.25, -0.2) is 0 Å². The zero-order chi connectivity index (χ0) is 11.0. The average molecular weight is 203 g/mol. The monoisotopic (exact) mass is 203 g/mol. The second kappa shape index (κ2) is 7.28. The lowest BCUT2D eigenvalue weighted by Crippen LogP contribution is -2.31. The maximum absolute atomic E-state index is 10.3. The molecule has 0 aliphatic carbocycles. The molecule has 6 heteroatoms. The van der Waals surface area contributed by atoms with Gasteiger partial charge < -0.3 is 21.3 Å². The van der Waals surface area contributed by atoms with Gasteiger partial charge in [0.15, 0.2) is 0 Å². The zero-order valence-corrected chi connectivity index (χ0v) is 8.27. The molecule has 0 aliphatic heterocycles. The number of aliphatic carboxylic acids is 1. The van der Waals surface area contributed by atoms with Crippen LogP contribution in [0.4, 0.5) is 0 Å². The molecule has 6 nitrogen and oxygen atoms in total. The Morgan fingerprint density at radius 2 is 2.21 bits per heavy atom. The Kier molecular flexibility index (Phi) is 6.69. The third-order valence-corrected chi connectivity index (χ3v) is 1.49. The fourth-order valence-corrected chi connectivity index (χ4v) is 0.722. The standard InChI is InChI=1S/C8H17N3O3/c1-6(9)11-3-5-14-4-2-7(10)8(12)13/h7H,2-5,10H2,1H3,(H2,9,11)(H,12,13)/t7-/m1/s1. The van der Waals surface area contributed by atoms with Crippen LogP contribution in [-0.4, -0.2) is 42.7 Å². The molecule has 0 bridgehead atoms. The molecule has 0 amide bonds. The van der Waals surface area contributed by atoms with Gasteiger partial charge in [0.1, 0.15) is 6.04 Å². The molecule has 0 fully saturated rings. The smallest absolute Gasteiger partial charge is 0.320 e. The van der Waals surface area contributed by atoms with E-state index in [0.29, 0.717) is 32.0 Å². The van der Waals surface area contributed by atoms with Crippen LogP contribution in [0.5, 0.6) is 0 Å². The molecule has 0 saturated heterocycles. The number of carboxylic acids is 1. The van der Waals surface area contributed by atoms with Gasteiger partial charge in [0.05, 0.1) is 19.0 Å². The first kappa shape index (κ1) is 12.9. The number of nitrogens with zero attached hydrogens (tertiary/aromatic N) is 1. The van der Waals surface area contributed by atoms with E-state index in [-0.39, 0.29) is 0 Å². The maximum Gasteiger partial charge on any atom is 0.320 e. The summed E-state index contributed by atoms with van der Waals surface area (Å²) >= 11 is 0. The highest BCUT2D eigenvalue weighted by Gasteiger charge is 2.09. The molecule has 0 aliphatic rings. The van der Waals surface area contributed by atoms with Crippen LogP contribution in [0.15, 0.2) is 4.99 Å². The van der Waals surface area contributed by atoms with Gasteiger partial charge in [-0.05, 0) is 13.3 Å². The van der Waals surface area contributed by atoms with Gasteiger partial charge in [0, 0.05) is 6.61 Å². The van der Waals surface area contributed by atoms with E-state index in [2.05, 4.69) is 4.99 Å². The fraction of sp³-hybridized carbons (Fsp3) is 0.750. The molecule has 14 heavy (non-hydrogen) atoms. The molecule has 0 unspecified atom stereocenters. The minimum atomic E-state index is -1.01. The molecule has 0 spiro atoms. The van der Waals surface area contributed by atoms with Crippen LogP contribution < -0.4 is 11.5 Å². The van der Waals surface area contributed by atoms with Crippen LogP contribution in [0, 0.1) is 0 Å². The molecule has 0 aromatic rings. The maximum atomic E-state index is 10.3. The van der Waals surface area contributed by atoms with Crippen LogP contribution in [-0.2, 0) is 9.53 Å². The predicted molar refractivity (Wildman–Crippen MR) is 53.2 cm³/mol. The Labute approximate surface area is 82.9 Å². The summed E-state index contributed by atoms with van der Waals surface area (Å²) in [5.74, 6) is -0.500. The van der Waals surface area contributed by atoms with Gasteiger partial charge >= 0.3 is 5.97 Å². The van der Waals surface area contributed by atoms with Crippen molar-refractivity contribution in [3.63, 3.8) is 0 Å². The zero-order valence-electron chi connectivity index (χ0n) is 8.27. The van der Waals surface area contributed by atoms with E-state index in [1.807, 2.05) is 0 Å². The highest BCUT2D eigenvalue weighted by Crippen LogP contribution is 1.89. The number of ether oxygens (including phenoxy) is 1. The van der Waals surface area contributed by atoms with Gasteiger partial charge in [-0.2, -0.15) is 0 Å². The molecular formula is C8H17N3O3. The Bertz CT molecular complexity index is 202. The van der Waals surface area contributed by atoms with Crippen molar-refractivity contribution in [2.75, 3.05) is 19.8 Å². The lowest BCUT2D eigenvalue weighted by Gasteiger charge is -2.05. The average Bonchev–Trinajstić information content (AvgIpc) is 2.09. The second-order valence-corrected chi connectivity index (χ2v) is 2.87. The molecule has 5 N–H and O–H groups in total. The van der Waals surface area contributed by atoms with Crippen LogP contribution in [0.3, 0.4) is 0 Å². The quantitative estimate of drug-likeness (QED) is 0.284. The third kappa shape index (κ3) is 7.51. The Morgan fingerprint density at radius 3 is 2.71 bits per heavy atom. The Balaban J connectivity index is 3.30. The summed E-state index contributed by atoms with van der Waals surface area (Å²) in [7, 11) is 0. The minimum absolute atomic E-state index is 0.306. The van der Waals surface area contributed by atoms with Crippen LogP contribution in [0.25, 0.3) is 0 Å². The first-order chi connectivity index (χ1) is 6.54. The van der Waals surface area contributed by atoms with Gasteiger partial charge in [-0.3, -0.25) is 9.79 Å². The number of nitrogens with two attached hydrogens (primary N) is 2.